The van der Waals surface area contributed by atoms with Crippen molar-refractivity contribution in [3.8, 4) is 0 Å². The van der Waals surface area contributed by atoms with Crippen molar-refractivity contribution in [1.82, 2.24) is 0 Å². The Morgan fingerprint density at radius 2 is 2.00 bits per heavy atom. The van der Waals surface area contributed by atoms with Gasteiger partial charge in [-0.25, -0.2) is 0 Å². The van der Waals surface area contributed by atoms with E-state index in [1.165, 1.54) is 0 Å². The summed E-state index contributed by atoms with van der Waals surface area (Å²) in [7, 11) is 1.69. The van der Waals surface area contributed by atoms with Gasteiger partial charge < -0.3 is 9.84 Å². The number of aliphatic hydroxyl groups is 1. The fraction of sp³-hybridized carbons (Fsp3) is 0.538. The van der Waals surface area contributed by atoms with Gasteiger partial charge in [-0.2, -0.15) is 0 Å². The van der Waals surface area contributed by atoms with Crippen LogP contribution in [0.4, 0.5) is 0 Å². The molecule has 0 fully saturated rings. The molecule has 0 amide bonds. The zero-order chi connectivity index (χ0) is 11.3. The van der Waals surface area contributed by atoms with E-state index in [9.17, 15) is 5.11 Å². The van der Waals surface area contributed by atoms with Crippen molar-refractivity contribution < 1.29 is 9.84 Å². The van der Waals surface area contributed by atoms with Gasteiger partial charge in [-0.1, -0.05) is 31.2 Å². The number of methoxy groups -OCH3 is 1. The molecule has 2 unspecified atom stereocenters. The Kier molecular flexibility index (Phi) is 4.79. The van der Waals surface area contributed by atoms with Crippen molar-refractivity contribution in [2.24, 2.45) is 5.92 Å². The third-order valence-corrected chi connectivity index (χ3v) is 2.82. The van der Waals surface area contributed by atoms with Gasteiger partial charge in [0.25, 0.3) is 0 Å². The van der Waals surface area contributed by atoms with E-state index in [1.807, 2.05) is 31.2 Å². The second-order valence-corrected chi connectivity index (χ2v) is 4.06. The van der Waals surface area contributed by atoms with Crippen molar-refractivity contribution >= 4 is 0 Å². The average Bonchev–Trinajstić information content (AvgIpc) is 2.25. The summed E-state index contributed by atoms with van der Waals surface area (Å²) in [5, 5.41) is 10.1. The summed E-state index contributed by atoms with van der Waals surface area (Å²) in [6, 6.07) is 7.98. The molecule has 0 bridgehead atoms. The molecule has 0 heterocycles. The van der Waals surface area contributed by atoms with E-state index in [2.05, 4.69) is 6.92 Å². The molecule has 2 heteroatoms. The lowest BCUT2D eigenvalue weighted by Gasteiger charge is -2.20. The summed E-state index contributed by atoms with van der Waals surface area (Å²) in [6.07, 6.45) is 0.493. The van der Waals surface area contributed by atoms with E-state index >= 15 is 0 Å². The van der Waals surface area contributed by atoms with Crippen LogP contribution in [0.1, 0.15) is 30.6 Å². The highest BCUT2D eigenvalue weighted by molar-refractivity contribution is 5.27. The third-order valence-electron chi connectivity index (χ3n) is 2.82. The zero-order valence-electron chi connectivity index (χ0n) is 9.73. The minimum atomic E-state index is -0.388. The number of hydrogen-bond donors (Lipinski definition) is 1. The Morgan fingerprint density at radius 3 is 2.60 bits per heavy atom. The van der Waals surface area contributed by atoms with Crippen molar-refractivity contribution in [3.05, 3.63) is 35.4 Å². The first-order valence-corrected chi connectivity index (χ1v) is 5.39. The van der Waals surface area contributed by atoms with Gasteiger partial charge in [0.1, 0.15) is 0 Å². The van der Waals surface area contributed by atoms with Crippen LogP contribution >= 0.6 is 0 Å². The van der Waals surface area contributed by atoms with Crippen LogP contribution in [0.2, 0.25) is 0 Å². The summed E-state index contributed by atoms with van der Waals surface area (Å²) in [5.41, 5.74) is 2.18. The summed E-state index contributed by atoms with van der Waals surface area (Å²) in [4.78, 5) is 0. The van der Waals surface area contributed by atoms with E-state index in [0.29, 0.717) is 6.61 Å². The first-order chi connectivity index (χ1) is 7.16. The average molecular weight is 208 g/mol. The lowest BCUT2D eigenvalue weighted by atomic mass is 9.92. The molecule has 1 aromatic carbocycles. The first-order valence-electron chi connectivity index (χ1n) is 5.39. The summed E-state index contributed by atoms with van der Waals surface area (Å²) >= 11 is 0. The van der Waals surface area contributed by atoms with Gasteiger partial charge in [-0.3, -0.25) is 0 Å². The second-order valence-electron chi connectivity index (χ2n) is 4.06. The molecular weight excluding hydrogens is 188 g/mol. The quantitative estimate of drug-likeness (QED) is 0.806. The van der Waals surface area contributed by atoms with E-state index in [0.717, 1.165) is 17.5 Å². The molecule has 2 nitrogen and oxygen atoms in total. The zero-order valence-corrected chi connectivity index (χ0v) is 9.73. The van der Waals surface area contributed by atoms with Crippen molar-refractivity contribution in [2.45, 2.75) is 26.4 Å². The van der Waals surface area contributed by atoms with E-state index in [1.54, 1.807) is 7.11 Å². The van der Waals surface area contributed by atoms with Gasteiger partial charge in [0.2, 0.25) is 0 Å². The highest BCUT2D eigenvalue weighted by Gasteiger charge is 2.17. The number of hydrogen-bond acceptors (Lipinski definition) is 2. The molecule has 0 saturated heterocycles. The van der Waals surface area contributed by atoms with Gasteiger partial charge in [0, 0.05) is 13.7 Å². The Hall–Kier alpha value is -0.860. The highest BCUT2D eigenvalue weighted by Crippen LogP contribution is 2.26. The SMILES string of the molecule is COCCC(C)C(O)c1ccccc1C. The number of rotatable bonds is 5. The number of aryl methyl sites for hydroxylation is 1. The lowest BCUT2D eigenvalue weighted by Crippen LogP contribution is -2.12. The first kappa shape index (κ1) is 12.2. The molecular formula is C13H20O2. The van der Waals surface area contributed by atoms with Crippen molar-refractivity contribution in [2.75, 3.05) is 13.7 Å². The maximum Gasteiger partial charge on any atom is 0.0818 e. The van der Waals surface area contributed by atoms with Crippen LogP contribution in [0.3, 0.4) is 0 Å². The van der Waals surface area contributed by atoms with Crippen LogP contribution in [-0.2, 0) is 4.74 Å². The minimum absolute atomic E-state index is 0.228. The second kappa shape index (κ2) is 5.89. The fourth-order valence-corrected chi connectivity index (χ4v) is 1.69. The molecule has 0 spiro atoms. The monoisotopic (exact) mass is 208 g/mol. The Balaban J connectivity index is 2.67. The summed E-state index contributed by atoms with van der Waals surface area (Å²) in [5.74, 6) is 0.228. The summed E-state index contributed by atoms with van der Waals surface area (Å²) < 4.78 is 5.02. The van der Waals surface area contributed by atoms with E-state index < -0.39 is 0 Å². The van der Waals surface area contributed by atoms with Crippen LogP contribution in [0.5, 0.6) is 0 Å². The fourth-order valence-electron chi connectivity index (χ4n) is 1.69. The maximum atomic E-state index is 10.1. The van der Waals surface area contributed by atoms with Crippen molar-refractivity contribution in [1.29, 1.82) is 0 Å². The molecule has 2 atom stereocenters. The third kappa shape index (κ3) is 3.33. The van der Waals surface area contributed by atoms with Gasteiger partial charge in [-0.15, -0.1) is 0 Å². The molecule has 15 heavy (non-hydrogen) atoms. The molecule has 0 aliphatic carbocycles. The Morgan fingerprint density at radius 1 is 1.33 bits per heavy atom. The lowest BCUT2D eigenvalue weighted by molar-refractivity contribution is 0.0881. The van der Waals surface area contributed by atoms with Crippen molar-refractivity contribution in [3.63, 3.8) is 0 Å². The van der Waals surface area contributed by atoms with Gasteiger partial charge in [-0.05, 0) is 30.4 Å². The minimum Gasteiger partial charge on any atom is -0.388 e. The number of benzene rings is 1. The molecule has 0 aromatic heterocycles. The Labute approximate surface area is 91.9 Å². The van der Waals surface area contributed by atoms with Crippen LogP contribution in [0.25, 0.3) is 0 Å². The topological polar surface area (TPSA) is 29.5 Å². The number of aliphatic hydroxyl groups excluding tert-OH is 1. The van der Waals surface area contributed by atoms with E-state index in [4.69, 9.17) is 4.74 Å². The molecule has 1 N–H and O–H groups in total. The maximum absolute atomic E-state index is 10.1. The van der Waals surface area contributed by atoms with Gasteiger partial charge in [0.15, 0.2) is 0 Å². The van der Waals surface area contributed by atoms with Crippen LogP contribution < -0.4 is 0 Å². The standard InChI is InChI=1S/C13H20O2/c1-10-6-4-5-7-12(10)13(14)11(2)8-9-15-3/h4-7,11,13-14H,8-9H2,1-3H3. The van der Waals surface area contributed by atoms with Gasteiger partial charge in [0.05, 0.1) is 6.10 Å². The molecule has 0 aliphatic heterocycles. The molecule has 1 aromatic rings. The van der Waals surface area contributed by atoms with Crippen LogP contribution in [0, 0.1) is 12.8 Å². The van der Waals surface area contributed by atoms with Crippen LogP contribution in [0.15, 0.2) is 24.3 Å². The smallest absolute Gasteiger partial charge is 0.0818 e. The molecule has 1 rings (SSSR count). The predicted molar refractivity (Wildman–Crippen MR) is 61.8 cm³/mol. The van der Waals surface area contributed by atoms with Gasteiger partial charge >= 0.3 is 0 Å². The highest BCUT2D eigenvalue weighted by atomic mass is 16.5. The molecule has 0 radical (unpaired) electrons. The molecule has 84 valence electrons. The Bertz CT molecular complexity index is 296. The number of ether oxygens (including phenoxy) is 1. The van der Waals surface area contributed by atoms with E-state index in [-0.39, 0.29) is 12.0 Å². The normalized spacial score (nSPS) is 14.9. The molecule has 0 aliphatic rings. The largest absolute Gasteiger partial charge is 0.388 e. The van der Waals surface area contributed by atoms with Crippen LogP contribution in [-0.4, -0.2) is 18.8 Å². The summed E-state index contributed by atoms with van der Waals surface area (Å²) in [6.45, 7) is 4.78. The predicted octanol–water partition coefficient (Wildman–Crippen LogP) is 2.70. The molecule has 0 saturated carbocycles.